The Labute approximate surface area is 149 Å². The highest BCUT2D eigenvalue weighted by atomic mass is 16.5. The zero-order valence-electron chi connectivity index (χ0n) is 15.2. The van der Waals surface area contributed by atoms with Crippen molar-refractivity contribution in [2.45, 2.75) is 46.1 Å². The summed E-state index contributed by atoms with van der Waals surface area (Å²) in [6, 6.07) is 11.0. The molecule has 1 amide bonds. The molecule has 5 heteroatoms. The number of amides is 1. The zero-order valence-corrected chi connectivity index (χ0v) is 15.2. The van der Waals surface area contributed by atoms with Crippen LogP contribution in [0.3, 0.4) is 0 Å². The normalized spacial score (nSPS) is 11.6. The van der Waals surface area contributed by atoms with Crippen LogP contribution in [0.4, 0.5) is 5.69 Å². The minimum absolute atomic E-state index is 0.0142. The summed E-state index contributed by atoms with van der Waals surface area (Å²) in [6.45, 7) is 6.72. The van der Waals surface area contributed by atoms with Crippen LogP contribution in [0.2, 0.25) is 0 Å². The second-order valence-electron chi connectivity index (χ2n) is 6.16. The van der Waals surface area contributed by atoms with Crippen molar-refractivity contribution in [2.75, 3.05) is 11.9 Å². The van der Waals surface area contributed by atoms with Crippen LogP contribution in [0.25, 0.3) is 0 Å². The minimum atomic E-state index is -0.285. The van der Waals surface area contributed by atoms with Gasteiger partial charge in [0, 0.05) is 24.5 Å². The van der Waals surface area contributed by atoms with Crippen molar-refractivity contribution in [2.24, 2.45) is 0 Å². The average Bonchev–Trinajstić information content (AvgIpc) is 2.62. The Morgan fingerprint density at radius 2 is 1.92 bits per heavy atom. The molecule has 1 aromatic carbocycles. The van der Waals surface area contributed by atoms with Gasteiger partial charge >= 0.3 is 0 Å². The van der Waals surface area contributed by atoms with Gasteiger partial charge in [0.15, 0.2) is 0 Å². The van der Waals surface area contributed by atoms with Gasteiger partial charge in [0.1, 0.15) is 11.8 Å². The fourth-order valence-corrected chi connectivity index (χ4v) is 2.31. The number of pyridine rings is 1. The van der Waals surface area contributed by atoms with Crippen molar-refractivity contribution in [3.63, 3.8) is 0 Å². The molecule has 2 rings (SSSR count). The molecule has 0 aliphatic carbocycles. The molecule has 0 spiro atoms. The topological polar surface area (TPSA) is 63.2 Å². The van der Waals surface area contributed by atoms with E-state index in [0.29, 0.717) is 11.6 Å². The van der Waals surface area contributed by atoms with Crippen molar-refractivity contribution in [1.82, 2.24) is 10.3 Å². The summed E-state index contributed by atoms with van der Waals surface area (Å²) in [7, 11) is 0. The number of hydrogen-bond donors (Lipinski definition) is 2. The molecule has 2 N–H and O–H groups in total. The largest absolute Gasteiger partial charge is 0.439 e. The zero-order chi connectivity index (χ0) is 18.1. The fourth-order valence-electron chi connectivity index (χ4n) is 2.31. The number of aryl methyl sites for hydroxylation is 1. The average molecular weight is 341 g/mol. The van der Waals surface area contributed by atoms with E-state index < -0.39 is 0 Å². The molecule has 25 heavy (non-hydrogen) atoms. The smallest absolute Gasteiger partial charge is 0.242 e. The maximum atomic E-state index is 12.0. The van der Waals surface area contributed by atoms with Gasteiger partial charge in [-0.15, -0.1) is 0 Å². The predicted molar refractivity (Wildman–Crippen MR) is 101 cm³/mol. The molecule has 0 saturated carbocycles. The molecule has 0 aliphatic rings. The lowest BCUT2D eigenvalue weighted by atomic mass is 10.2. The van der Waals surface area contributed by atoms with E-state index in [9.17, 15) is 4.79 Å². The summed E-state index contributed by atoms with van der Waals surface area (Å²) < 4.78 is 5.70. The lowest BCUT2D eigenvalue weighted by Crippen LogP contribution is -2.37. The van der Waals surface area contributed by atoms with E-state index in [-0.39, 0.29) is 11.9 Å². The number of anilines is 1. The second-order valence-corrected chi connectivity index (χ2v) is 6.16. The van der Waals surface area contributed by atoms with E-state index in [1.165, 1.54) is 0 Å². The molecule has 1 unspecified atom stereocenters. The van der Waals surface area contributed by atoms with E-state index in [4.69, 9.17) is 4.74 Å². The molecule has 1 aromatic heterocycles. The lowest BCUT2D eigenvalue weighted by molar-refractivity contribution is -0.121. The SMILES string of the molecule is CCCCCNC(=O)C(C)Nc1ccc(Oc2ccc(C)cn2)cc1. The van der Waals surface area contributed by atoms with Gasteiger partial charge in [0.05, 0.1) is 0 Å². The Morgan fingerprint density at radius 3 is 2.56 bits per heavy atom. The van der Waals surface area contributed by atoms with Crippen molar-refractivity contribution in [3.05, 3.63) is 48.2 Å². The second kappa shape index (κ2) is 9.67. The van der Waals surface area contributed by atoms with E-state index >= 15 is 0 Å². The number of nitrogens with zero attached hydrogens (tertiary/aromatic N) is 1. The van der Waals surface area contributed by atoms with Gasteiger partial charge in [-0.05, 0) is 50.1 Å². The molecular weight excluding hydrogens is 314 g/mol. The maximum absolute atomic E-state index is 12.0. The van der Waals surface area contributed by atoms with Gasteiger partial charge in [-0.3, -0.25) is 4.79 Å². The third-order valence-electron chi connectivity index (χ3n) is 3.82. The lowest BCUT2D eigenvalue weighted by Gasteiger charge is -2.15. The molecule has 5 nitrogen and oxygen atoms in total. The number of nitrogens with one attached hydrogen (secondary N) is 2. The molecule has 0 radical (unpaired) electrons. The summed E-state index contributed by atoms with van der Waals surface area (Å²) in [6.07, 6.45) is 5.08. The van der Waals surface area contributed by atoms with Crippen LogP contribution in [0, 0.1) is 6.92 Å². The van der Waals surface area contributed by atoms with Crippen molar-refractivity contribution < 1.29 is 9.53 Å². The number of hydrogen-bond acceptors (Lipinski definition) is 4. The first-order chi connectivity index (χ1) is 12.1. The van der Waals surface area contributed by atoms with Crippen LogP contribution in [0.15, 0.2) is 42.6 Å². The molecular formula is C20H27N3O2. The Balaban J connectivity index is 1.82. The molecule has 0 aliphatic heterocycles. The van der Waals surface area contributed by atoms with Gasteiger partial charge < -0.3 is 15.4 Å². The highest BCUT2D eigenvalue weighted by Crippen LogP contribution is 2.21. The van der Waals surface area contributed by atoms with Crippen LogP contribution >= 0.6 is 0 Å². The third kappa shape index (κ3) is 6.45. The summed E-state index contributed by atoms with van der Waals surface area (Å²) in [4.78, 5) is 16.3. The number of ether oxygens (including phenoxy) is 1. The number of unbranched alkanes of at least 4 members (excludes halogenated alkanes) is 2. The van der Waals surface area contributed by atoms with Crippen LogP contribution in [0.5, 0.6) is 11.6 Å². The first kappa shape index (κ1) is 18.8. The van der Waals surface area contributed by atoms with Gasteiger partial charge in [0.2, 0.25) is 11.8 Å². The van der Waals surface area contributed by atoms with Gasteiger partial charge in [-0.25, -0.2) is 4.98 Å². The van der Waals surface area contributed by atoms with Crippen LogP contribution in [0.1, 0.15) is 38.7 Å². The van der Waals surface area contributed by atoms with Crippen molar-refractivity contribution in [1.29, 1.82) is 0 Å². The van der Waals surface area contributed by atoms with Gasteiger partial charge in [-0.1, -0.05) is 25.8 Å². The molecule has 1 atom stereocenters. The molecule has 0 bridgehead atoms. The van der Waals surface area contributed by atoms with E-state index in [2.05, 4.69) is 22.5 Å². The number of carbonyl (C=O) groups excluding carboxylic acids is 1. The molecule has 0 fully saturated rings. The fraction of sp³-hybridized carbons (Fsp3) is 0.400. The quantitative estimate of drug-likeness (QED) is 0.668. The highest BCUT2D eigenvalue weighted by Gasteiger charge is 2.11. The van der Waals surface area contributed by atoms with E-state index in [1.807, 2.05) is 50.2 Å². The minimum Gasteiger partial charge on any atom is -0.439 e. The Bertz CT molecular complexity index is 654. The predicted octanol–water partition coefficient (Wildman–Crippen LogP) is 4.29. The standard InChI is InChI=1S/C20H27N3O2/c1-4-5-6-13-21-20(24)16(3)23-17-8-10-18(11-9-17)25-19-12-7-15(2)14-22-19/h7-12,14,16,23H,4-6,13H2,1-3H3,(H,21,24). The van der Waals surface area contributed by atoms with Crippen molar-refractivity contribution >= 4 is 11.6 Å². The molecule has 0 saturated heterocycles. The van der Waals surface area contributed by atoms with Crippen LogP contribution in [-0.2, 0) is 4.79 Å². The monoisotopic (exact) mass is 341 g/mol. The summed E-state index contributed by atoms with van der Waals surface area (Å²) >= 11 is 0. The Morgan fingerprint density at radius 1 is 1.16 bits per heavy atom. The highest BCUT2D eigenvalue weighted by molar-refractivity contribution is 5.84. The number of rotatable bonds is 9. The van der Waals surface area contributed by atoms with Crippen LogP contribution in [-0.4, -0.2) is 23.5 Å². The number of carbonyl (C=O) groups is 1. The maximum Gasteiger partial charge on any atom is 0.242 e. The molecule has 134 valence electrons. The summed E-state index contributed by atoms with van der Waals surface area (Å²) in [5, 5.41) is 6.15. The first-order valence-corrected chi connectivity index (χ1v) is 8.83. The summed E-state index contributed by atoms with van der Waals surface area (Å²) in [5.74, 6) is 1.28. The Kier molecular flexibility index (Phi) is 7.26. The first-order valence-electron chi connectivity index (χ1n) is 8.83. The van der Waals surface area contributed by atoms with Gasteiger partial charge in [0.25, 0.3) is 0 Å². The Hall–Kier alpha value is -2.56. The summed E-state index contributed by atoms with van der Waals surface area (Å²) in [5.41, 5.74) is 1.97. The van der Waals surface area contributed by atoms with Crippen LogP contribution < -0.4 is 15.4 Å². The number of benzene rings is 1. The van der Waals surface area contributed by atoms with Crippen molar-refractivity contribution in [3.8, 4) is 11.6 Å². The van der Waals surface area contributed by atoms with Gasteiger partial charge in [-0.2, -0.15) is 0 Å². The number of aromatic nitrogens is 1. The van der Waals surface area contributed by atoms with E-state index in [0.717, 1.165) is 37.1 Å². The molecule has 2 aromatic rings. The molecule has 1 heterocycles. The third-order valence-corrected chi connectivity index (χ3v) is 3.82. The van der Waals surface area contributed by atoms with E-state index in [1.54, 1.807) is 6.20 Å².